The van der Waals surface area contributed by atoms with Crippen LogP contribution in [-0.2, 0) is 4.79 Å². The number of nitrogens with one attached hydrogen (secondary N) is 1. The number of carbonyl (C=O) groups excluding carboxylic acids is 1. The Morgan fingerprint density at radius 1 is 1.16 bits per heavy atom. The molecule has 1 N–H and O–H groups in total. The van der Waals surface area contributed by atoms with E-state index in [9.17, 15) is 4.79 Å². The van der Waals surface area contributed by atoms with Gasteiger partial charge in [0.1, 0.15) is 5.75 Å². The molecule has 138 valence electrons. The molecule has 2 heterocycles. The number of rotatable bonds is 4. The van der Waals surface area contributed by atoms with Crippen LogP contribution < -0.4 is 10.1 Å². The van der Waals surface area contributed by atoms with Crippen LogP contribution in [0.3, 0.4) is 0 Å². The van der Waals surface area contributed by atoms with Crippen molar-refractivity contribution in [1.82, 2.24) is 15.1 Å². The maximum absolute atomic E-state index is 13.3. The molecule has 2 fully saturated rings. The predicted molar refractivity (Wildman–Crippen MR) is 99.8 cm³/mol. The van der Waals surface area contributed by atoms with Gasteiger partial charge in [0, 0.05) is 25.2 Å². The number of amides is 1. The summed E-state index contributed by atoms with van der Waals surface area (Å²) in [6.07, 6.45) is 4.98. The zero-order chi connectivity index (χ0) is 17.6. The highest BCUT2D eigenvalue weighted by Gasteiger charge is 2.34. The van der Waals surface area contributed by atoms with Crippen molar-refractivity contribution >= 4 is 5.91 Å². The van der Waals surface area contributed by atoms with E-state index in [1.807, 2.05) is 18.2 Å². The van der Waals surface area contributed by atoms with Gasteiger partial charge >= 0.3 is 0 Å². The third kappa shape index (κ3) is 4.15. The SMILES string of the molecule is COc1ccccc1C1CNCCN1C(=O)C(C)N1CCCCCC1. The quantitative estimate of drug-likeness (QED) is 0.910. The van der Waals surface area contributed by atoms with Crippen LogP contribution in [0.5, 0.6) is 5.75 Å². The van der Waals surface area contributed by atoms with Gasteiger partial charge in [0.25, 0.3) is 0 Å². The molecule has 2 atom stereocenters. The molecule has 0 saturated carbocycles. The van der Waals surface area contributed by atoms with E-state index in [4.69, 9.17) is 4.74 Å². The molecule has 0 radical (unpaired) electrons. The molecule has 0 bridgehead atoms. The predicted octanol–water partition coefficient (Wildman–Crippen LogP) is 2.43. The number of nitrogens with zero attached hydrogens (tertiary/aromatic N) is 2. The molecule has 2 aliphatic heterocycles. The average Bonchev–Trinajstić information content (AvgIpc) is 2.96. The summed E-state index contributed by atoms with van der Waals surface area (Å²) in [5.74, 6) is 1.11. The largest absolute Gasteiger partial charge is 0.496 e. The van der Waals surface area contributed by atoms with Crippen LogP contribution >= 0.6 is 0 Å². The summed E-state index contributed by atoms with van der Waals surface area (Å²) >= 11 is 0. The van der Waals surface area contributed by atoms with E-state index in [-0.39, 0.29) is 18.0 Å². The van der Waals surface area contributed by atoms with E-state index in [0.29, 0.717) is 0 Å². The molecule has 2 aliphatic rings. The monoisotopic (exact) mass is 345 g/mol. The molecule has 5 heteroatoms. The minimum Gasteiger partial charge on any atom is -0.496 e. The lowest BCUT2D eigenvalue weighted by atomic mass is 10.0. The molecular formula is C20H31N3O2. The lowest BCUT2D eigenvalue weighted by Crippen LogP contribution is -2.54. The number of para-hydroxylation sites is 1. The van der Waals surface area contributed by atoms with Crippen molar-refractivity contribution in [2.75, 3.05) is 39.8 Å². The molecule has 2 saturated heterocycles. The first-order valence-corrected chi connectivity index (χ1v) is 9.60. The van der Waals surface area contributed by atoms with Crippen molar-refractivity contribution in [3.05, 3.63) is 29.8 Å². The maximum Gasteiger partial charge on any atom is 0.240 e. The van der Waals surface area contributed by atoms with Crippen LogP contribution in [0.2, 0.25) is 0 Å². The average molecular weight is 345 g/mol. The molecule has 1 aromatic carbocycles. The number of benzene rings is 1. The molecule has 1 amide bonds. The van der Waals surface area contributed by atoms with Crippen molar-refractivity contribution in [3.63, 3.8) is 0 Å². The molecule has 5 nitrogen and oxygen atoms in total. The summed E-state index contributed by atoms with van der Waals surface area (Å²) in [4.78, 5) is 17.7. The van der Waals surface area contributed by atoms with Gasteiger partial charge < -0.3 is 15.0 Å². The second-order valence-corrected chi connectivity index (χ2v) is 7.12. The van der Waals surface area contributed by atoms with Gasteiger partial charge in [-0.1, -0.05) is 31.0 Å². The summed E-state index contributed by atoms with van der Waals surface area (Å²) in [7, 11) is 1.70. The van der Waals surface area contributed by atoms with Crippen LogP contribution in [0.4, 0.5) is 0 Å². The molecular weight excluding hydrogens is 314 g/mol. The number of hydrogen-bond acceptors (Lipinski definition) is 4. The number of ether oxygens (including phenoxy) is 1. The Kier molecular flexibility index (Phi) is 6.32. The van der Waals surface area contributed by atoms with E-state index in [1.54, 1.807) is 7.11 Å². The van der Waals surface area contributed by atoms with E-state index < -0.39 is 0 Å². The Balaban J connectivity index is 1.78. The molecule has 0 aliphatic carbocycles. The first-order valence-electron chi connectivity index (χ1n) is 9.60. The summed E-state index contributed by atoms with van der Waals surface area (Å²) in [6.45, 7) is 6.54. The highest BCUT2D eigenvalue weighted by molar-refractivity contribution is 5.82. The Labute approximate surface area is 151 Å². The third-order valence-corrected chi connectivity index (χ3v) is 5.57. The fraction of sp³-hybridized carbons (Fsp3) is 0.650. The van der Waals surface area contributed by atoms with Crippen LogP contribution in [0.25, 0.3) is 0 Å². The smallest absolute Gasteiger partial charge is 0.240 e. The molecule has 25 heavy (non-hydrogen) atoms. The number of likely N-dealkylation sites (tertiary alicyclic amines) is 1. The van der Waals surface area contributed by atoms with E-state index in [1.165, 1.54) is 25.7 Å². The van der Waals surface area contributed by atoms with Gasteiger partial charge in [0.05, 0.1) is 19.2 Å². The Hall–Kier alpha value is -1.59. The Morgan fingerprint density at radius 3 is 2.60 bits per heavy atom. The van der Waals surface area contributed by atoms with Gasteiger partial charge in [-0.3, -0.25) is 9.69 Å². The highest BCUT2D eigenvalue weighted by Crippen LogP contribution is 2.31. The van der Waals surface area contributed by atoms with Gasteiger partial charge in [-0.25, -0.2) is 0 Å². The highest BCUT2D eigenvalue weighted by atomic mass is 16.5. The van der Waals surface area contributed by atoms with E-state index >= 15 is 0 Å². The third-order valence-electron chi connectivity index (χ3n) is 5.57. The van der Waals surface area contributed by atoms with Gasteiger partial charge in [-0.2, -0.15) is 0 Å². The fourth-order valence-electron chi connectivity index (χ4n) is 4.07. The molecule has 0 spiro atoms. The topological polar surface area (TPSA) is 44.8 Å². The van der Waals surface area contributed by atoms with Crippen LogP contribution in [0.1, 0.15) is 44.2 Å². The Bertz CT molecular complexity index is 570. The first-order chi connectivity index (χ1) is 12.2. The first kappa shape index (κ1) is 18.2. The van der Waals surface area contributed by atoms with E-state index in [2.05, 4.69) is 28.1 Å². The zero-order valence-electron chi connectivity index (χ0n) is 15.5. The van der Waals surface area contributed by atoms with Crippen molar-refractivity contribution in [1.29, 1.82) is 0 Å². The van der Waals surface area contributed by atoms with Crippen LogP contribution in [0, 0.1) is 0 Å². The zero-order valence-corrected chi connectivity index (χ0v) is 15.5. The molecule has 2 unspecified atom stereocenters. The number of carbonyl (C=O) groups is 1. The van der Waals surface area contributed by atoms with Crippen LogP contribution in [0.15, 0.2) is 24.3 Å². The fourth-order valence-corrected chi connectivity index (χ4v) is 4.07. The summed E-state index contributed by atoms with van der Waals surface area (Å²) in [5.41, 5.74) is 1.09. The Morgan fingerprint density at radius 2 is 1.88 bits per heavy atom. The number of methoxy groups -OCH3 is 1. The lowest BCUT2D eigenvalue weighted by Gasteiger charge is -2.40. The second-order valence-electron chi connectivity index (χ2n) is 7.12. The number of piperazine rings is 1. The van der Waals surface area contributed by atoms with Crippen molar-refractivity contribution in [2.45, 2.75) is 44.7 Å². The summed E-state index contributed by atoms with van der Waals surface area (Å²) in [5, 5.41) is 3.43. The summed E-state index contributed by atoms with van der Waals surface area (Å²) in [6, 6.07) is 8.04. The molecule has 0 aromatic heterocycles. The summed E-state index contributed by atoms with van der Waals surface area (Å²) < 4.78 is 5.54. The maximum atomic E-state index is 13.3. The second kappa shape index (κ2) is 8.68. The minimum absolute atomic E-state index is 0.0341. The van der Waals surface area contributed by atoms with Crippen molar-refractivity contribution in [3.8, 4) is 5.75 Å². The van der Waals surface area contributed by atoms with Gasteiger partial charge in [-0.15, -0.1) is 0 Å². The van der Waals surface area contributed by atoms with Crippen molar-refractivity contribution in [2.24, 2.45) is 0 Å². The van der Waals surface area contributed by atoms with Crippen LogP contribution in [-0.4, -0.2) is 61.6 Å². The van der Waals surface area contributed by atoms with Gasteiger partial charge in [-0.05, 0) is 38.9 Å². The van der Waals surface area contributed by atoms with E-state index in [0.717, 1.165) is 44.0 Å². The molecule has 3 rings (SSSR count). The minimum atomic E-state index is -0.0478. The molecule has 1 aromatic rings. The van der Waals surface area contributed by atoms with Gasteiger partial charge in [0.2, 0.25) is 5.91 Å². The van der Waals surface area contributed by atoms with Gasteiger partial charge in [0.15, 0.2) is 0 Å². The lowest BCUT2D eigenvalue weighted by molar-refractivity contribution is -0.140. The van der Waals surface area contributed by atoms with Crippen molar-refractivity contribution < 1.29 is 9.53 Å². The standard InChI is InChI=1S/C20H31N3O2/c1-16(22-12-7-3-4-8-13-22)20(24)23-14-11-21-15-18(23)17-9-5-6-10-19(17)25-2/h5-6,9-10,16,18,21H,3-4,7-8,11-15H2,1-2H3. The number of hydrogen-bond donors (Lipinski definition) is 1. The normalized spacial score (nSPS) is 23.8.